The second-order valence-electron chi connectivity index (χ2n) is 2.41. The van der Waals surface area contributed by atoms with Crippen LogP contribution >= 0.6 is 11.6 Å². The van der Waals surface area contributed by atoms with Crippen LogP contribution < -0.4 is 0 Å². The average Bonchev–Trinajstić information content (AvgIpc) is 1.83. The quantitative estimate of drug-likeness (QED) is 0.635. The Kier molecular flexibility index (Phi) is 3.08. The third-order valence-corrected chi connectivity index (χ3v) is 4.69. The van der Waals surface area contributed by atoms with Gasteiger partial charge in [0.25, 0.3) is 0 Å². The maximum Gasteiger partial charge on any atom is 0.202 e. The summed E-state index contributed by atoms with van der Waals surface area (Å²) in [5.74, 6) is -0.524. The first-order valence-electron chi connectivity index (χ1n) is 3.15. The van der Waals surface area contributed by atoms with Crippen molar-refractivity contribution in [2.75, 3.05) is 6.26 Å². The minimum Gasteiger partial charge on any atom is -0.297 e. The van der Waals surface area contributed by atoms with Gasteiger partial charge in [-0.25, -0.2) is 8.42 Å². The number of halogens is 1. The summed E-state index contributed by atoms with van der Waals surface area (Å²) in [6.07, 6.45) is 1.06. The van der Waals surface area contributed by atoms with Crippen molar-refractivity contribution >= 4 is 27.2 Å². The molecule has 0 unspecified atom stereocenters. The number of ketones is 1. The van der Waals surface area contributed by atoms with Gasteiger partial charge in [-0.1, -0.05) is 18.5 Å². The molecule has 5 heteroatoms. The summed E-state index contributed by atoms with van der Waals surface area (Å²) in [6.45, 7) is 2.74. The highest BCUT2D eigenvalue weighted by Crippen LogP contribution is 2.26. The molecule has 11 heavy (non-hydrogen) atoms. The minimum absolute atomic E-state index is 0.0999. The van der Waals surface area contributed by atoms with Crippen LogP contribution in [0.1, 0.15) is 20.3 Å². The van der Waals surface area contributed by atoms with E-state index in [1.165, 1.54) is 6.92 Å². The molecule has 0 rings (SSSR count). The van der Waals surface area contributed by atoms with Crippen LogP contribution in [0.15, 0.2) is 0 Å². The predicted octanol–water partition coefficient (Wildman–Crippen LogP) is 0.965. The number of carbonyl (C=O) groups is 1. The van der Waals surface area contributed by atoms with Crippen LogP contribution in [0.4, 0.5) is 0 Å². The van der Waals surface area contributed by atoms with Crippen molar-refractivity contribution < 1.29 is 13.2 Å². The molecule has 0 radical (unpaired) electrons. The summed E-state index contributed by atoms with van der Waals surface area (Å²) in [4.78, 5) is 10.8. The van der Waals surface area contributed by atoms with Gasteiger partial charge in [-0.05, 0) is 13.3 Å². The second-order valence-corrected chi connectivity index (χ2v) is 5.52. The highest BCUT2D eigenvalue weighted by atomic mass is 35.5. The Morgan fingerprint density at radius 1 is 1.55 bits per heavy atom. The summed E-state index contributed by atoms with van der Waals surface area (Å²) in [6, 6.07) is 0. The molecule has 66 valence electrons. The summed E-state index contributed by atoms with van der Waals surface area (Å²) >= 11 is 5.60. The fourth-order valence-corrected chi connectivity index (χ4v) is 1.82. The van der Waals surface area contributed by atoms with E-state index in [0.717, 1.165) is 6.26 Å². The topological polar surface area (TPSA) is 51.2 Å². The number of hydrogen-bond donors (Lipinski definition) is 0. The monoisotopic (exact) mass is 198 g/mol. The summed E-state index contributed by atoms with van der Waals surface area (Å²) in [5, 5.41) is 0. The van der Waals surface area contributed by atoms with Gasteiger partial charge in [0.15, 0.2) is 15.6 Å². The van der Waals surface area contributed by atoms with Crippen LogP contribution in [0.25, 0.3) is 0 Å². The Morgan fingerprint density at radius 3 is 1.91 bits per heavy atom. The SMILES string of the molecule is CC[C@](Cl)(C(C)=O)S(C)(=O)=O. The molecule has 0 aliphatic carbocycles. The molecule has 0 fully saturated rings. The summed E-state index contributed by atoms with van der Waals surface area (Å²) in [5.41, 5.74) is 0. The van der Waals surface area contributed by atoms with Gasteiger partial charge in [0.05, 0.1) is 0 Å². The molecule has 0 aromatic rings. The van der Waals surface area contributed by atoms with E-state index in [-0.39, 0.29) is 6.42 Å². The lowest BCUT2D eigenvalue weighted by Gasteiger charge is -2.19. The Hall–Kier alpha value is -0.0900. The number of rotatable bonds is 3. The highest BCUT2D eigenvalue weighted by Gasteiger charge is 2.41. The van der Waals surface area contributed by atoms with Gasteiger partial charge >= 0.3 is 0 Å². The van der Waals surface area contributed by atoms with Gasteiger partial charge in [-0.15, -0.1) is 0 Å². The van der Waals surface area contributed by atoms with Crippen LogP contribution in [-0.2, 0) is 14.6 Å². The molecule has 0 amide bonds. The molecule has 1 atom stereocenters. The predicted molar refractivity (Wildman–Crippen MR) is 44.4 cm³/mol. The third-order valence-electron chi connectivity index (χ3n) is 1.57. The van der Waals surface area contributed by atoms with Crippen molar-refractivity contribution in [3.8, 4) is 0 Å². The van der Waals surface area contributed by atoms with E-state index in [0.29, 0.717) is 0 Å². The van der Waals surface area contributed by atoms with Gasteiger partial charge in [-0.3, -0.25) is 4.79 Å². The van der Waals surface area contributed by atoms with Gasteiger partial charge in [0.2, 0.25) is 4.21 Å². The molecule has 0 bridgehead atoms. The van der Waals surface area contributed by atoms with Crippen LogP contribution in [0, 0.1) is 0 Å². The van der Waals surface area contributed by atoms with Crippen molar-refractivity contribution in [1.29, 1.82) is 0 Å². The Balaban J connectivity index is 5.09. The van der Waals surface area contributed by atoms with Crippen molar-refractivity contribution in [3.63, 3.8) is 0 Å². The maximum absolute atomic E-state index is 11.0. The van der Waals surface area contributed by atoms with Crippen LogP contribution in [-0.4, -0.2) is 24.7 Å². The lowest BCUT2D eigenvalue weighted by atomic mass is 10.2. The molecule has 0 spiro atoms. The number of sulfone groups is 1. The Bertz CT molecular complexity index is 257. The number of hydrogen-bond acceptors (Lipinski definition) is 3. The molecule has 0 aliphatic heterocycles. The molecular formula is C6H11ClO3S. The van der Waals surface area contributed by atoms with Crippen molar-refractivity contribution in [1.82, 2.24) is 0 Å². The first-order valence-corrected chi connectivity index (χ1v) is 5.42. The minimum atomic E-state index is -3.50. The van der Waals surface area contributed by atoms with Crippen molar-refractivity contribution in [2.45, 2.75) is 24.5 Å². The zero-order valence-corrected chi connectivity index (χ0v) is 8.29. The number of carbonyl (C=O) groups excluding carboxylic acids is 1. The van der Waals surface area contributed by atoms with E-state index in [4.69, 9.17) is 11.6 Å². The van der Waals surface area contributed by atoms with Crippen LogP contribution in [0.2, 0.25) is 0 Å². The Labute approximate surface area is 71.7 Å². The first-order chi connectivity index (χ1) is 4.75. The van der Waals surface area contributed by atoms with E-state index in [1.54, 1.807) is 6.92 Å². The van der Waals surface area contributed by atoms with Crippen molar-refractivity contribution in [3.05, 3.63) is 0 Å². The van der Waals surface area contributed by atoms with E-state index < -0.39 is 19.8 Å². The van der Waals surface area contributed by atoms with E-state index >= 15 is 0 Å². The normalized spacial score (nSPS) is 17.5. The van der Waals surface area contributed by atoms with E-state index in [9.17, 15) is 13.2 Å². The molecule has 0 aromatic heterocycles. The largest absolute Gasteiger partial charge is 0.297 e. The molecule has 0 aliphatic rings. The van der Waals surface area contributed by atoms with E-state index in [1.807, 2.05) is 0 Å². The number of Topliss-reactive ketones (excluding diaryl/α,β-unsaturated/α-hetero) is 1. The Morgan fingerprint density at radius 2 is 1.91 bits per heavy atom. The zero-order chi connectivity index (χ0) is 9.28. The molecule has 0 aromatic carbocycles. The van der Waals surface area contributed by atoms with Gasteiger partial charge in [0, 0.05) is 6.26 Å². The van der Waals surface area contributed by atoms with Gasteiger partial charge in [-0.2, -0.15) is 0 Å². The zero-order valence-electron chi connectivity index (χ0n) is 6.72. The highest BCUT2D eigenvalue weighted by molar-refractivity contribution is 7.94. The fourth-order valence-electron chi connectivity index (χ4n) is 0.772. The van der Waals surface area contributed by atoms with Gasteiger partial charge in [0.1, 0.15) is 0 Å². The first kappa shape index (κ1) is 10.9. The average molecular weight is 199 g/mol. The molecule has 0 saturated carbocycles. The van der Waals surface area contributed by atoms with Crippen LogP contribution in [0.5, 0.6) is 0 Å². The van der Waals surface area contributed by atoms with Crippen LogP contribution in [0.3, 0.4) is 0 Å². The third kappa shape index (κ3) is 1.93. The summed E-state index contributed by atoms with van der Waals surface area (Å²) in [7, 11) is -3.50. The second kappa shape index (κ2) is 3.11. The van der Waals surface area contributed by atoms with E-state index in [2.05, 4.69) is 0 Å². The molecule has 3 nitrogen and oxygen atoms in total. The maximum atomic E-state index is 11.0. The molecule has 0 heterocycles. The molecular weight excluding hydrogens is 188 g/mol. The lowest BCUT2D eigenvalue weighted by molar-refractivity contribution is -0.117. The lowest BCUT2D eigenvalue weighted by Crippen LogP contribution is -2.38. The molecule has 0 N–H and O–H groups in total. The number of alkyl halides is 1. The van der Waals surface area contributed by atoms with Crippen molar-refractivity contribution in [2.24, 2.45) is 0 Å². The van der Waals surface area contributed by atoms with Gasteiger partial charge < -0.3 is 0 Å². The smallest absolute Gasteiger partial charge is 0.202 e. The summed E-state index contributed by atoms with van der Waals surface area (Å²) < 4.78 is 20.2. The fraction of sp³-hybridized carbons (Fsp3) is 0.833. The standard InChI is InChI=1S/C6H11ClO3S/c1-4-6(7,5(2)8)11(3,9)10/h4H2,1-3H3/t6-/m1/s1. The molecule has 0 saturated heterocycles.